The third-order valence-electron chi connectivity index (χ3n) is 15.4. The van der Waals surface area contributed by atoms with Gasteiger partial charge < -0.3 is 4.90 Å². The zero-order chi connectivity index (χ0) is 37.4. The average molecular weight is 730 g/mol. The summed E-state index contributed by atoms with van der Waals surface area (Å²) in [6.45, 7) is 4.80. The number of hydrogen-bond acceptors (Lipinski definition) is 1. The lowest BCUT2D eigenvalue weighted by molar-refractivity contribution is -0.00518. The maximum Gasteiger partial charge on any atom is 0.0416 e. The molecule has 280 valence electrons. The van der Waals surface area contributed by atoms with E-state index < -0.39 is 0 Å². The van der Waals surface area contributed by atoms with Gasteiger partial charge in [-0.3, -0.25) is 0 Å². The third-order valence-corrected chi connectivity index (χ3v) is 15.4. The second-order valence-corrected chi connectivity index (χ2v) is 19.1. The summed E-state index contributed by atoms with van der Waals surface area (Å²) in [5.41, 5.74) is 17.0. The molecule has 56 heavy (non-hydrogen) atoms. The van der Waals surface area contributed by atoms with E-state index in [1.807, 2.05) is 0 Å². The molecule has 5 saturated carbocycles. The fourth-order valence-corrected chi connectivity index (χ4v) is 13.0. The van der Waals surface area contributed by atoms with Crippen molar-refractivity contribution in [2.75, 3.05) is 4.90 Å². The molecular weight excluding hydrogens is 675 g/mol. The van der Waals surface area contributed by atoms with Gasteiger partial charge in [-0.05, 0) is 173 Å². The first-order chi connectivity index (χ1) is 27.4. The van der Waals surface area contributed by atoms with Crippen LogP contribution in [0.1, 0.15) is 106 Å². The van der Waals surface area contributed by atoms with Crippen molar-refractivity contribution >= 4 is 11.4 Å². The summed E-state index contributed by atoms with van der Waals surface area (Å²) in [7, 11) is 0. The fraction of sp³-hybridized carbons (Fsp3) is 0.345. The normalized spacial score (nSPS) is 26.8. The number of nitrogens with zero attached hydrogens (tertiary/aromatic N) is 1. The Hall–Kier alpha value is -4.88. The average Bonchev–Trinajstić information content (AvgIpc) is 3.47. The van der Waals surface area contributed by atoms with Crippen molar-refractivity contribution in [1.29, 1.82) is 0 Å². The van der Waals surface area contributed by atoms with E-state index in [9.17, 15) is 0 Å². The van der Waals surface area contributed by atoms with Crippen LogP contribution in [0.15, 0.2) is 146 Å². The Morgan fingerprint density at radius 3 is 1.57 bits per heavy atom. The van der Waals surface area contributed by atoms with Gasteiger partial charge in [0.15, 0.2) is 0 Å². The molecule has 6 aromatic carbocycles. The highest BCUT2D eigenvalue weighted by molar-refractivity contribution is 5.83. The molecular formula is C55H55N. The van der Waals surface area contributed by atoms with E-state index in [-0.39, 0.29) is 5.41 Å². The standard InChI is InChI=1S/C55H55N/c1-54(2)52-11-7-6-10-50(52)51-29-28-49(33-53(51)54)56(47-24-18-44(19-25-47)40-8-4-3-5-9-40)48-26-20-45(21-27-48)42-14-12-41(13-15-42)43-16-22-46(23-17-43)55-34-37-30-38(35-55)32-39(31-37)36-55/h3-17,20-23,26-29,33,37-39,44,47H,18-19,24-25,30-32,34-36H2,1-2H3. The number of fused-ring (bicyclic) bond motifs is 3. The van der Waals surface area contributed by atoms with Crippen molar-refractivity contribution in [2.24, 2.45) is 17.8 Å². The Kier molecular flexibility index (Phi) is 8.20. The van der Waals surface area contributed by atoms with Gasteiger partial charge >= 0.3 is 0 Å². The molecule has 0 unspecified atom stereocenters. The maximum absolute atomic E-state index is 2.68. The van der Waals surface area contributed by atoms with Gasteiger partial charge in [0.1, 0.15) is 0 Å². The first-order valence-corrected chi connectivity index (χ1v) is 21.8. The third kappa shape index (κ3) is 5.79. The molecule has 6 aliphatic rings. The first kappa shape index (κ1) is 34.4. The van der Waals surface area contributed by atoms with Gasteiger partial charge in [-0.25, -0.2) is 0 Å². The van der Waals surface area contributed by atoms with Gasteiger partial charge in [0, 0.05) is 22.8 Å². The van der Waals surface area contributed by atoms with Crippen molar-refractivity contribution in [3.8, 4) is 33.4 Å². The lowest BCUT2D eigenvalue weighted by Crippen LogP contribution is -2.48. The highest BCUT2D eigenvalue weighted by atomic mass is 15.2. The van der Waals surface area contributed by atoms with E-state index in [0.29, 0.717) is 17.4 Å². The highest BCUT2D eigenvalue weighted by Crippen LogP contribution is 2.61. The molecule has 12 rings (SSSR count). The molecule has 0 aromatic heterocycles. The van der Waals surface area contributed by atoms with Gasteiger partial charge in [-0.15, -0.1) is 0 Å². The molecule has 5 fully saturated rings. The molecule has 0 atom stereocenters. The van der Waals surface area contributed by atoms with Crippen LogP contribution in [0, 0.1) is 17.8 Å². The van der Waals surface area contributed by atoms with E-state index in [4.69, 9.17) is 0 Å². The van der Waals surface area contributed by atoms with Crippen molar-refractivity contribution < 1.29 is 0 Å². The Morgan fingerprint density at radius 1 is 0.464 bits per heavy atom. The Bertz CT molecular complexity index is 2320. The molecule has 0 radical (unpaired) electrons. The van der Waals surface area contributed by atoms with Gasteiger partial charge in [0.2, 0.25) is 0 Å². The lowest BCUT2D eigenvalue weighted by Gasteiger charge is -2.57. The van der Waals surface area contributed by atoms with Gasteiger partial charge in [0.25, 0.3) is 0 Å². The van der Waals surface area contributed by atoms with Crippen molar-refractivity contribution in [2.45, 2.75) is 101 Å². The molecule has 1 nitrogen and oxygen atoms in total. The monoisotopic (exact) mass is 729 g/mol. The minimum absolute atomic E-state index is 0.0227. The Labute approximate surface area is 334 Å². The fourth-order valence-electron chi connectivity index (χ4n) is 13.0. The summed E-state index contributed by atoms with van der Waals surface area (Å²) in [6.07, 6.45) is 13.6. The summed E-state index contributed by atoms with van der Waals surface area (Å²) >= 11 is 0. The van der Waals surface area contributed by atoms with E-state index in [1.54, 1.807) is 5.56 Å². The number of hydrogen-bond donors (Lipinski definition) is 0. The van der Waals surface area contributed by atoms with Crippen molar-refractivity contribution in [1.82, 2.24) is 0 Å². The highest BCUT2D eigenvalue weighted by Gasteiger charge is 2.51. The van der Waals surface area contributed by atoms with Gasteiger partial charge in [-0.1, -0.05) is 135 Å². The molecule has 0 N–H and O–H groups in total. The smallest absolute Gasteiger partial charge is 0.0416 e. The van der Waals surface area contributed by atoms with Crippen LogP contribution >= 0.6 is 0 Å². The first-order valence-electron chi connectivity index (χ1n) is 21.8. The van der Waals surface area contributed by atoms with Crippen LogP contribution in [0.5, 0.6) is 0 Å². The minimum Gasteiger partial charge on any atom is -0.338 e. The minimum atomic E-state index is -0.0227. The summed E-state index contributed by atoms with van der Waals surface area (Å²) in [4.78, 5) is 2.68. The van der Waals surface area contributed by atoms with Crippen LogP contribution in [0.3, 0.4) is 0 Å². The molecule has 0 spiro atoms. The van der Waals surface area contributed by atoms with Crippen LogP contribution in [0.2, 0.25) is 0 Å². The van der Waals surface area contributed by atoms with Crippen LogP contribution in [0.4, 0.5) is 11.4 Å². The van der Waals surface area contributed by atoms with E-state index in [0.717, 1.165) is 17.8 Å². The summed E-state index contributed by atoms with van der Waals surface area (Å²) in [5.74, 6) is 3.59. The maximum atomic E-state index is 2.68. The molecule has 0 heterocycles. The lowest BCUT2D eigenvalue weighted by atomic mass is 9.48. The summed E-state index contributed by atoms with van der Waals surface area (Å²) < 4.78 is 0. The predicted molar refractivity (Wildman–Crippen MR) is 235 cm³/mol. The topological polar surface area (TPSA) is 3.24 Å². The van der Waals surface area contributed by atoms with Crippen LogP contribution in [-0.2, 0) is 10.8 Å². The largest absolute Gasteiger partial charge is 0.338 e. The zero-order valence-corrected chi connectivity index (χ0v) is 33.3. The van der Waals surface area contributed by atoms with E-state index >= 15 is 0 Å². The Morgan fingerprint density at radius 2 is 0.964 bits per heavy atom. The second-order valence-electron chi connectivity index (χ2n) is 19.1. The molecule has 6 aliphatic carbocycles. The molecule has 1 heteroatoms. The number of benzene rings is 6. The molecule has 0 aliphatic heterocycles. The summed E-state index contributed by atoms with van der Waals surface area (Å²) in [6, 6.07) is 56.5. The van der Waals surface area contributed by atoms with Gasteiger partial charge in [-0.2, -0.15) is 0 Å². The zero-order valence-electron chi connectivity index (χ0n) is 33.3. The Balaban J connectivity index is 0.859. The van der Waals surface area contributed by atoms with Crippen molar-refractivity contribution in [3.63, 3.8) is 0 Å². The quantitative estimate of drug-likeness (QED) is 0.158. The molecule has 0 amide bonds. The van der Waals surface area contributed by atoms with Crippen LogP contribution in [-0.4, -0.2) is 6.04 Å². The number of rotatable bonds is 7. The SMILES string of the molecule is CC1(C)c2ccccc2-c2ccc(N(c3ccc(-c4ccc(-c5ccc(C67CC8CC(CC(C8)C6)C7)cc5)cc4)cc3)C3CCC(c4ccccc4)CC3)cc21. The predicted octanol–water partition coefficient (Wildman–Crippen LogP) is 14.7. The van der Waals surface area contributed by atoms with Gasteiger partial charge in [0.05, 0.1) is 0 Å². The second kappa shape index (κ2) is 13.4. The summed E-state index contributed by atoms with van der Waals surface area (Å²) in [5, 5.41) is 0. The molecule has 0 saturated heterocycles. The molecule has 4 bridgehead atoms. The van der Waals surface area contributed by atoms with Crippen LogP contribution in [0.25, 0.3) is 33.4 Å². The number of anilines is 2. The van der Waals surface area contributed by atoms with Crippen molar-refractivity contribution in [3.05, 3.63) is 168 Å². The van der Waals surface area contributed by atoms with E-state index in [2.05, 4.69) is 164 Å². The van der Waals surface area contributed by atoms with Crippen LogP contribution < -0.4 is 4.90 Å². The molecule has 6 aromatic rings. The van der Waals surface area contributed by atoms with E-state index in [1.165, 1.54) is 126 Å².